The third kappa shape index (κ3) is 20.6. The minimum absolute atomic E-state index is 0.0847. The van der Waals surface area contributed by atoms with Crippen LogP contribution in [0.3, 0.4) is 0 Å². The summed E-state index contributed by atoms with van der Waals surface area (Å²) in [6.45, 7) is -1.47. The van der Waals surface area contributed by atoms with Gasteiger partial charge < -0.3 is 4.74 Å². The SMILES string of the molecule is O=C(CCCCCCCCCCCCCCCCCC=Cc1ccccc1)OCC(F)(F)F. The first-order valence-electron chi connectivity index (χ1n) is 12.9. The van der Waals surface area contributed by atoms with Gasteiger partial charge in [-0.3, -0.25) is 4.79 Å². The number of hydrogen-bond donors (Lipinski definition) is 0. The average Bonchev–Trinajstić information content (AvgIpc) is 2.79. The molecule has 1 rings (SSSR count). The largest absolute Gasteiger partial charge is 0.456 e. The summed E-state index contributed by atoms with van der Waals surface area (Å²) in [5, 5.41) is 0. The van der Waals surface area contributed by atoms with E-state index >= 15 is 0 Å². The highest BCUT2D eigenvalue weighted by atomic mass is 19.4. The molecule has 33 heavy (non-hydrogen) atoms. The van der Waals surface area contributed by atoms with Crippen LogP contribution in [-0.2, 0) is 9.53 Å². The highest BCUT2D eigenvalue weighted by Crippen LogP contribution is 2.16. The van der Waals surface area contributed by atoms with Crippen molar-refractivity contribution in [3.63, 3.8) is 0 Å². The first-order valence-corrected chi connectivity index (χ1v) is 12.9. The van der Waals surface area contributed by atoms with E-state index in [-0.39, 0.29) is 6.42 Å². The van der Waals surface area contributed by atoms with Gasteiger partial charge in [-0.2, -0.15) is 13.2 Å². The molecule has 0 aromatic heterocycles. The number of halogens is 3. The second kappa shape index (κ2) is 19.7. The van der Waals surface area contributed by atoms with Gasteiger partial charge in [0.05, 0.1) is 0 Å². The predicted molar refractivity (Wildman–Crippen MR) is 131 cm³/mol. The maximum absolute atomic E-state index is 11.9. The van der Waals surface area contributed by atoms with E-state index in [1.165, 1.54) is 82.6 Å². The Labute approximate surface area is 199 Å². The molecule has 0 fully saturated rings. The van der Waals surface area contributed by atoms with Gasteiger partial charge in [-0.05, 0) is 24.8 Å². The molecule has 2 nitrogen and oxygen atoms in total. The molecule has 0 amide bonds. The Morgan fingerprint density at radius 1 is 0.697 bits per heavy atom. The molecule has 0 bridgehead atoms. The Morgan fingerprint density at radius 2 is 1.15 bits per heavy atom. The summed E-state index contributed by atoms with van der Waals surface area (Å²) in [4.78, 5) is 11.2. The normalized spacial score (nSPS) is 11.8. The van der Waals surface area contributed by atoms with Crippen LogP contribution in [0.5, 0.6) is 0 Å². The number of carbonyl (C=O) groups excluding carboxylic acids is 1. The van der Waals surface area contributed by atoms with Crippen LogP contribution < -0.4 is 0 Å². The van der Waals surface area contributed by atoms with Gasteiger partial charge in [-0.15, -0.1) is 0 Å². The lowest BCUT2D eigenvalue weighted by Crippen LogP contribution is -2.20. The number of alkyl halides is 3. The summed E-state index contributed by atoms with van der Waals surface area (Å²) in [5.41, 5.74) is 1.28. The van der Waals surface area contributed by atoms with Gasteiger partial charge >= 0.3 is 12.1 Å². The molecule has 0 aliphatic rings. The van der Waals surface area contributed by atoms with Crippen molar-refractivity contribution < 1.29 is 22.7 Å². The highest BCUT2D eigenvalue weighted by molar-refractivity contribution is 5.69. The number of allylic oxidation sites excluding steroid dienone is 1. The van der Waals surface area contributed by atoms with E-state index in [2.05, 4.69) is 41.2 Å². The summed E-state index contributed by atoms with van der Waals surface area (Å²) in [6, 6.07) is 10.5. The Kier molecular flexibility index (Phi) is 17.4. The Balaban J connectivity index is 1.74. The quantitative estimate of drug-likeness (QED) is 0.141. The van der Waals surface area contributed by atoms with Crippen molar-refractivity contribution in [3.8, 4) is 0 Å². The predicted octanol–water partition coefficient (Wildman–Crippen LogP) is 9.44. The number of hydrogen-bond acceptors (Lipinski definition) is 2. The summed E-state index contributed by atoms with van der Waals surface area (Å²) < 4.78 is 40.0. The molecule has 0 saturated carbocycles. The molecule has 0 aliphatic heterocycles. The molecule has 1 aromatic rings. The fourth-order valence-corrected chi connectivity index (χ4v) is 3.85. The zero-order valence-corrected chi connectivity index (χ0v) is 20.2. The van der Waals surface area contributed by atoms with Gasteiger partial charge in [-0.25, -0.2) is 0 Å². The number of esters is 1. The van der Waals surface area contributed by atoms with Crippen molar-refractivity contribution >= 4 is 12.0 Å². The fraction of sp³-hybridized carbons (Fsp3) is 0.679. The van der Waals surface area contributed by atoms with E-state index in [4.69, 9.17) is 0 Å². The van der Waals surface area contributed by atoms with E-state index in [9.17, 15) is 18.0 Å². The Morgan fingerprint density at radius 3 is 1.64 bits per heavy atom. The van der Waals surface area contributed by atoms with Gasteiger partial charge in [0.2, 0.25) is 0 Å². The van der Waals surface area contributed by atoms with Gasteiger partial charge in [0.15, 0.2) is 6.61 Å². The molecule has 0 unspecified atom stereocenters. The Bertz CT molecular complexity index is 611. The number of unbranched alkanes of at least 4 members (excludes halogenated alkanes) is 15. The van der Waals surface area contributed by atoms with Crippen molar-refractivity contribution in [2.24, 2.45) is 0 Å². The molecule has 0 radical (unpaired) electrons. The maximum atomic E-state index is 11.9. The van der Waals surface area contributed by atoms with E-state index in [1.54, 1.807) is 0 Å². The molecule has 0 saturated heterocycles. The van der Waals surface area contributed by atoms with E-state index < -0.39 is 18.8 Å². The highest BCUT2D eigenvalue weighted by Gasteiger charge is 2.29. The number of ether oxygens (including phenoxy) is 1. The first-order chi connectivity index (χ1) is 16.0. The van der Waals surface area contributed by atoms with Crippen LogP contribution in [0.2, 0.25) is 0 Å². The lowest BCUT2D eigenvalue weighted by Gasteiger charge is -2.07. The van der Waals surface area contributed by atoms with Crippen LogP contribution in [0.1, 0.15) is 115 Å². The van der Waals surface area contributed by atoms with Crippen LogP contribution in [0.4, 0.5) is 13.2 Å². The van der Waals surface area contributed by atoms with Crippen molar-refractivity contribution in [2.75, 3.05) is 6.61 Å². The standard InChI is InChI=1S/C28H43F3O2/c29-28(30,31)25-33-27(32)24-20-15-13-11-9-7-5-3-1-2-4-6-8-10-12-14-17-21-26-22-18-16-19-23-26/h16-19,21-23H,1-15,20,24-25H2. The second-order valence-corrected chi connectivity index (χ2v) is 8.93. The van der Waals surface area contributed by atoms with Gasteiger partial charge in [0.1, 0.15) is 0 Å². The second-order valence-electron chi connectivity index (χ2n) is 8.93. The average molecular weight is 469 g/mol. The van der Waals surface area contributed by atoms with Crippen LogP contribution in [0.15, 0.2) is 36.4 Å². The van der Waals surface area contributed by atoms with Crippen molar-refractivity contribution in [3.05, 3.63) is 42.0 Å². The monoisotopic (exact) mass is 468 g/mol. The van der Waals surface area contributed by atoms with E-state index in [0.29, 0.717) is 6.42 Å². The number of rotatable bonds is 20. The van der Waals surface area contributed by atoms with Gasteiger partial charge in [0.25, 0.3) is 0 Å². The minimum atomic E-state index is -4.43. The molecule has 188 valence electrons. The molecule has 1 aromatic carbocycles. The lowest BCUT2D eigenvalue weighted by atomic mass is 10.0. The number of benzene rings is 1. The fourth-order valence-electron chi connectivity index (χ4n) is 3.85. The molecular formula is C28H43F3O2. The van der Waals surface area contributed by atoms with Crippen molar-refractivity contribution in [2.45, 2.75) is 115 Å². The Hall–Kier alpha value is -1.78. The lowest BCUT2D eigenvalue weighted by molar-refractivity contribution is -0.186. The molecular weight excluding hydrogens is 425 g/mol. The topological polar surface area (TPSA) is 26.3 Å². The zero-order valence-electron chi connectivity index (χ0n) is 20.2. The molecule has 0 spiro atoms. The van der Waals surface area contributed by atoms with Gasteiger partial charge in [-0.1, -0.05) is 126 Å². The van der Waals surface area contributed by atoms with Crippen LogP contribution >= 0.6 is 0 Å². The molecule has 0 aliphatic carbocycles. The van der Waals surface area contributed by atoms with Crippen LogP contribution in [0.25, 0.3) is 6.08 Å². The molecule has 0 N–H and O–H groups in total. The van der Waals surface area contributed by atoms with Crippen LogP contribution in [-0.4, -0.2) is 18.8 Å². The van der Waals surface area contributed by atoms with E-state index in [0.717, 1.165) is 19.3 Å². The third-order valence-corrected chi connectivity index (χ3v) is 5.76. The van der Waals surface area contributed by atoms with Crippen molar-refractivity contribution in [1.29, 1.82) is 0 Å². The summed E-state index contributed by atoms with van der Waals surface area (Å²) in [6.07, 6.45) is 19.4. The smallest absolute Gasteiger partial charge is 0.422 e. The van der Waals surface area contributed by atoms with Gasteiger partial charge in [0, 0.05) is 6.42 Å². The summed E-state index contributed by atoms with van der Waals surface area (Å²) in [7, 11) is 0. The van der Waals surface area contributed by atoms with E-state index in [1.807, 2.05) is 6.07 Å². The summed E-state index contributed by atoms with van der Waals surface area (Å²) >= 11 is 0. The van der Waals surface area contributed by atoms with Crippen LogP contribution in [0, 0.1) is 0 Å². The minimum Gasteiger partial charge on any atom is -0.456 e. The number of carbonyl (C=O) groups is 1. The molecule has 0 heterocycles. The van der Waals surface area contributed by atoms with Crippen molar-refractivity contribution in [1.82, 2.24) is 0 Å². The maximum Gasteiger partial charge on any atom is 0.422 e. The third-order valence-electron chi connectivity index (χ3n) is 5.76. The first kappa shape index (κ1) is 29.3. The molecule has 0 atom stereocenters. The summed E-state index contributed by atoms with van der Waals surface area (Å²) in [5.74, 6) is -0.747. The zero-order chi connectivity index (χ0) is 24.0. The molecule has 5 heteroatoms.